The number of thiazole rings is 1. The van der Waals surface area contributed by atoms with Crippen molar-refractivity contribution in [3.8, 4) is 33.6 Å². The van der Waals surface area contributed by atoms with E-state index in [9.17, 15) is 0 Å². The second kappa shape index (κ2) is 14.9. The van der Waals surface area contributed by atoms with E-state index in [1.807, 2.05) is 43.6 Å². The topological polar surface area (TPSA) is 51.8 Å². The van der Waals surface area contributed by atoms with Gasteiger partial charge < -0.3 is 14.4 Å². The van der Waals surface area contributed by atoms with Crippen molar-refractivity contribution < 1.29 is 24.5 Å². The average molecular weight is 878 g/mol. The fourth-order valence-corrected chi connectivity index (χ4v) is 7.55. The maximum absolute atomic E-state index is 6.60. The predicted octanol–water partition coefficient (Wildman–Crippen LogP) is 12.9. The van der Waals surface area contributed by atoms with Crippen molar-refractivity contribution >= 4 is 43.5 Å². The first-order valence-electron chi connectivity index (χ1n) is 17.5. The van der Waals surface area contributed by atoms with Gasteiger partial charge in [0, 0.05) is 48.9 Å². The van der Waals surface area contributed by atoms with Gasteiger partial charge in [-0.2, -0.15) is 0 Å². The average Bonchev–Trinajstić information content (AvgIpc) is 3.72. The smallest absolute Gasteiger partial charge is 0.148 e. The van der Waals surface area contributed by atoms with Gasteiger partial charge in [-0.05, 0) is 72.0 Å². The van der Waals surface area contributed by atoms with E-state index in [0.717, 1.165) is 59.7 Å². The van der Waals surface area contributed by atoms with E-state index < -0.39 is 0 Å². The fourth-order valence-electron chi connectivity index (χ4n) is 6.52. The number of aryl methyl sites for hydroxylation is 4. The number of aromatic nitrogens is 3. The zero-order valence-corrected chi connectivity index (χ0v) is 34.4. The molecule has 0 aliphatic heterocycles. The van der Waals surface area contributed by atoms with Crippen LogP contribution < -0.4 is 0 Å². The summed E-state index contributed by atoms with van der Waals surface area (Å²) < 4.78 is 7.76. The van der Waals surface area contributed by atoms with Crippen LogP contribution in [0.15, 0.2) is 95.7 Å². The quantitative estimate of drug-likeness (QED) is 0.165. The SMILES string of the molecule is Cc1c[c-]c(-c2ccc(C)cn2)cc1.Cc1cccc(C)c1-c1cnc(-c2[c-]ccc3c2oc2c3ccc3sc(C(C)(C)C)nc32)cc1C(C)C.[Ir]. The first-order chi connectivity index (χ1) is 24.4. The van der Waals surface area contributed by atoms with E-state index in [-0.39, 0.29) is 25.5 Å². The van der Waals surface area contributed by atoms with Crippen LogP contribution in [0.1, 0.15) is 73.4 Å². The molecule has 0 spiro atoms. The summed E-state index contributed by atoms with van der Waals surface area (Å²) in [7, 11) is 0. The molecule has 1 radical (unpaired) electrons. The molecule has 0 amide bonds. The molecule has 0 aliphatic rings. The molecular formula is C46H43IrN3OS-2. The van der Waals surface area contributed by atoms with Crippen molar-refractivity contribution in [3.05, 3.63) is 136 Å². The molecule has 0 bridgehead atoms. The number of pyridine rings is 2. The number of benzene rings is 4. The second-order valence-electron chi connectivity index (χ2n) is 14.8. The van der Waals surface area contributed by atoms with Gasteiger partial charge in [-0.3, -0.25) is 0 Å². The maximum Gasteiger partial charge on any atom is 0.148 e. The number of furan rings is 1. The van der Waals surface area contributed by atoms with E-state index in [0.29, 0.717) is 5.92 Å². The Morgan fingerprint density at radius 1 is 0.750 bits per heavy atom. The van der Waals surface area contributed by atoms with Gasteiger partial charge in [0.1, 0.15) is 11.1 Å². The van der Waals surface area contributed by atoms with E-state index >= 15 is 0 Å². The first-order valence-corrected chi connectivity index (χ1v) is 18.4. The minimum absolute atomic E-state index is 0. The summed E-state index contributed by atoms with van der Waals surface area (Å²) in [5, 5.41) is 3.27. The molecule has 8 rings (SSSR count). The van der Waals surface area contributed by atoms with Crippen LogP contribution in [0.5, 0.6) is 0 Å². The number of hydrogen-bond acceptors (Lipinski definition) is 5. The summed E-state index contributed by atoms with van der Waals surface area (Å²) in [5.41, 5.74) is 15.1. The minimum Gasteiger partial charge on any atom is -0.498 e. The Hall–Kier alpha value is -4.48. The van der Waals surface area contributed by atoms with Gasteiger partial charge in [0.05, 0.1) is 15.3 Å². The molecule has 0 atom stereocenters. The van der Waals surface area contributed by atoms with Crippen LogP contribution in [0.4, 0.5) is 0 Å². The van der Waals surface area contributed by atoms with Gasteiger partial charge in [0.15, 0.2) is 0 Å². The van der Waals surface area contributed by atoms with E-state index in [1.165, 1.54) is 38.9 Å². The van der Waals surface area contributed by atoms with Crippen LogP contribution in [0.25, 0.3) is 65.8 Å². The molecule has 4 aromatic carbocycles. The molecule has 4 heterocycles. The normalized spacial score (nSPS) is 11.6. The Morgan fingerprint density at radius 2 is 1.46 bits per heavy atom. The van der Waals surface area contributed by atoms with Crippen molar-refractivity contribution in [2.24, 2.45) is 0 Å². The van der Waals surface area contributed by atoms with Crippen molar-refractivity contribution in [1.82, 2.24) is 15.0 Å². The summed E-state index contributed by atoms with van der Waals surface area (Å²) in [4.78, 5) is 14.3. The summed E-state index contributed by atoms with van der Waals surface area (Å²) in [5.74, 6) is 0.344. The number of fused-ring (bicyclic) bond motifs is 5. The molecule has 0 saturated carbocycles. The summed E-state index contributed by atoms with van der Waals surface area (Å²) in [6.07, 6.45) is 3.91. The molecule has 0 saturated heterocycles. The predicted molar refractivity (Wildman–Crippen MR) is 215 cm³/mol. The molecule has 0 aliphatic carbocycles. The van der Waals surface area contributed by atoms with E-state index in [2.05, 4.69) is 127 Å². The van der Waals surface area contributed by atoms with Crippen molar-refractivity contribution in [3.63, 3.8) is 0 Å². The zero-order chi connectivity index (χ0) is 36.0. The third-order valence-electron chi connectivity index (χ3n) is 9.32. The van der Waals surface area contributed by atoms with Crippen molar-refractivity contribution in [2.45, 2.75) is 73.6 Å². The first kappa shape index (κ1) is 37.3. The van der Waals surface area contributed by atoms with Crippen molar-refractivity contribution in [2.75, 3.05) is 0 Å². The van der Waals surface area contributed by atoms with Crippen LogP contribution in [0, 0.1) is 39.8 Å². The van der Waals surface area contributed by atoms with Crippen LogP contribution in [-0.2, 0) is 25.5 Å². The van der Waals surface area contributed by atoms with Crippen LogP contribution in [0.3, 0.4) is 0 Å². The Labute approximate surface area is 324 Å². The summed E-state index contributed by atoms with van der Waals surface area (Å²) in [6.45, 7) is 19.5. The van der Waals surface area contributed by atoms with Crippen LogP contribution >= 0.6 is 11.3 Å². The van der Waals surface area contributed by atoms with Gasteiger partial charge in [-0.15, -0.1) is 64.9 Å². The molecule has 6 heteroatoms. The standard InChI is InChI=1S/C33H31N2OS.C13H12N.Ir/c1-18(2)24-16-26(34-17-25(24)28-19(3)10-8-11-20(28)4)23-13-9-12-21-22-14-15-27-29(31(22)36-30(21)23)35-32(37-27)33(5,6)7;1-10-3-6-12(7-4-10)13-8-5-11(2)9-14-13;/h8-12,14-18H,1-7H3;3-6,8-9H,1-2H3;/q2*-1;. The molecule has 4 nitrogen and oxygen atoms in total. The number of hydrogen-bond donors (Lipinski definition) is 0. The summed E-state index contributed by atoms with van der Waals surface area (Å²) >= 11 is 1.75. The Bertz CT molecular complexity index is 2460. The molecule has 0 N–H and O–H groups in total. The largest absolute Gasteiger partial charge is 0.498 e. The molecule has 265 valence electrons. The zero-order valence-electron chi connectivity index (χ0n) is 31.2. The third-order valence-corrected chi connectivity index (χ3v) is 10.8. The molecule has 0 fully saturated rings. The van der Waals surface area contributed by atoms with Gasteiger partial charge in [0.25, 0.3) is 0 Å². The van der Waals surface area contributed by atoms with Gasteiger partial charge in [0.2, 0.25) is 0 Å². The van der Waals surface area contributed by atoms with Gasteiger partial charge >= 0.3 is 0 Å². The van der Waals surface area contributed by atoms with E-state index in [4.69, 9.17) is 14.4 Å². The molecule has 0 unspecified atom stereocenters. The van der Waals surface area contributed by atoms with E-state index in [1.54, 1.807) is 11.3 Å². The van der Waals surface area contributed by atoms with Crippen LogP contribution in [-0.4, -0.2) is 15.0 Å². The van der Waals surface area contributed by atoms with Gasteiger partial charge in [-0.1, -0.05) is 95.0 Å². The minimum atomic E-state index is -0.00462. The second-order valence-corrected chi connectivity index (χ2v) is 15.9. The van der Waals surface area contributed by atoms with Gasteiger partial charge in [-0.25, -0.2) is 4.98 Å². The third kappa shape index (κ3) is 7.25. The van der Waals surface area contributed by atoms with Crippen molar-refractivity contribution in [1.29, 1.82) is 0 Å². The fraction of sp³-hybridized carbons (Fsp3) is 0.239. The Kier molecular flexibility index (Phi) is 10.7. The maximum atomic E-state index is 6.60. The molecule has 52 heavy (non-hydrogen) atoms. The number of nitrogens with zero attached hydrogens (tertiary/aromatic N) is 3. The molecule has 4 aromatic heterocycles. The monoisotopic (exact) mass is 878 g/mol. The Morgan fingerprint density at radius 3 is 2.12 bits per heavy atom. The molecule has 8 aromatic rings. The van der Waals surface area contributed by atoms with Crippen LogP contribution in [0.2, 0.25) is 0 Å². The number of rotatable bonds is 4. The summed E-state index contributed by atoms with van der Waals surface area (Å²) in [6, 6.07) is 33.9. The Balaban J connectivity index is 0.000000260. The molecular weight excluding hydrogens is 835 g/mol.